The van der Waals surface area contributed by atoms with E-state index in [-0.39, 0.29) is 24.6 Å². The van der Waals surface area contributed by atoms with E-state index in [0.29, 0.717) is 16.8 Å². The zero-order chi connectivity index (χ0) is 32.1. The third-order valence-corrected chi connectivity index (χ3v) is 7.33. The molecule has 10 nitrogen and oxygen atoms in total. The molecule has 45 heavy (non-hydrogen) atoms. The molecule has 4 aromatic carbocycles. The fraction of sp³-hybridized carbons (Fsp3) is 0.229. The number of benzene rings is 4. The molecule has 10 heteroatoms. The highest BCUT2D eigenvalue weighted by Gasteiger charge is 2.30. The topological polar surface area (TPSA) is 137 Å². The van der Waals surface area contributed by atoms with Crippen LogP contribution in [0.2, 0.25) is 0 Å². The number of nitrogens with zero attached hydrogens (tertiary/aromatic N) is 1. The van der Waals surface area contributed by atoms with E-state index in [1.807, 2.05) is 48.5 Å². The lowest BCUT2D eigenvalue weighted by atomic mass is 9.98. The quantitative estimate of drug-likeness (QED) is 0.124. The molecule has 0 spiro atoms. The van der Waals surface area contributed by atoms with Gasteiger partial charge in [0.25, 0.3) is 5.69 Å². The number of hydrogen-bond acceptors (Lipinski definition) is 7. The number of carbonyl (C=O) groups is 3. The molecule has 0 heterocycles. The molecule has 0 saturated carbocycles. The lowest BCUT2D eigenvalue weighted by Gasteiger charge is -2.20. The molecule has 1 unspecified atom stereocenters. The number of anilines is 1. The van der Waals surface area contributed by atoms with Crippen LogP contribution in [-0.2, 0) is 20.7 Å². The molecule has 4 aromatic rings. The fourth-order valence-corrected chi connectivity index (χ4v) is 5.24. The van der Waals surface area contributed by atoms with E-state index in [9.17, 15) is 24.5 Å². The zero-order valence-electron chi connectivity index (χ0n) is 25.1. The third-order valence-electron chi connectivity index (χ3n) is 7.33. The number of non-ortho nitro benzene ring substituents is 1. The Bertz CT molecular complexity index is 1680. The molecule has 1 aliphatic carbocycles. The van der Waals surface area contributed by atoms with Gasteiger partial charge in [0, 0.05) is 30.2 Å². The van der Waals surface area contributed by atoms with Gasteiger partial charge in [-0.05, 0) is 72.9 Å². The Hall–Kier alpha value is -5.51. The largest absolute Gasteiger partial charge is 0.456 e. The van der Waals surface area contributed by atoms with Crippen LogP contribution in [0, 0.1) is 10.1 Å². The van der Waals surface area contributed by atoms with Crippen molar-refractivity contribution in [1.82, 2.24) is 5.32 Å². The summed E-state index contributed by atoms with van der Waals surface area (Å²) in [7, 11) is 0. The van der Waals surface area contributed by atoms with Gasteiger partial charge in [-0.3, -0.25) is 14.9 Å². The first kappa shape index (κ1) is 30.9. The van der Waals surface area contributed by atoms with Gasteiger partial charge in [-0.1, -0.05) is 60.7 Å². The molecule has 2 N–H and O–H groups in total. The van der Waals surface area contributed by atoms with Crippen molar-refractivity contribution in [2.45, 2.75) is 44.8 Å². The van der Waals surface area contributed by atoms with Crippen molar-refractivity contribution in [3.05, 3.63) is 129 Å². The third kappa shape index (κ3) is 7.53. The minimum Gasteiger partial charge on any atom is -0.456 e. The maximum absolute atomic E-state index is 13.4. The van der Waals surface area contributed by atoms with Crippen LogP contribution in [-0.4, -0.2) is 41.1 Å². The number of alkyl carbamates (subject to hydrolysis) is 1. The summed E-state index contributed by atoms with van der Waals surface area (Å²) >= 11 is 0. The number of ether oxygens (including phenoxy) is 2. The Labute approximate surface area is 260 Å². The summed E-state index contributed by atoms with van der Waals surface area (Å²) in [6.45, 7) is 5.38. The summed E-state index contributed by atoms with van der Waals surface area (Å²) in [6.07, 6.45) is -0.733. The second-order valence-corrected chi connectivity index (χ2v) is 11.7. The van der Waals surface area contributed by atoms with Crippen molar-refractivity contribution >= 4 is 29.3 Å². The number of fused-ring (bicyclic) bond motifs is 3. The van der Waals surface area contributed by atoms with Crippen LogP contribution in [0.3, 0.4) is 0 Å². The Morgan fingerprint density at radius 3 is 1.98 bits per heavy atom. The summed E-state index contributed by atoms with van der Waals surface area (Å²) in [6, 6.07) is 26.8. The number of rotatable bonds is 9. The van der Waals surface area contributed by atoms with Crippen molar-refractivity contribution in [1.29, 1.82) is 0 Å². The fourth-order valence-electron chi connectivity index (χ4n) is 5.24. The highest BCUT2D eigenvalue weighted by molar-refractivity contribution is 5.97. The van der Waals surface area contributed by atoms with Crippen LogP contribution in [0.5, 0.6) is 0 Å². The van der Waals surface area contributed by atoms with Crippen molar-refractivity contribution in [3.8, 4) is 11.1 Å². The maximum Gasteiger partial charge on any atom is 0.407 e. The minimum atomic E-state index is -1.08. The summed E-state index contributed by atoms with van der Waals surface area (Å²) < 4.78 is 11.1. The van der Waals surface area contributed by atoms with Gasteiger partial charge >= 0.3 is 12.1 Å². The smallest absolute Gasteiger partial charge is 0.407 e. The Balaban J connectivity index is 1.29. The lowest BCUT2D eigenvalue weighted by molar-refractivity contribution is -0.384. The number of amides is 2. The van der Waals surface area contributed by atoms with Gasteiger partial charge in [-0.2, -0.15) is 0 Å². The van der Waals surface area contributed by atoms with E-state index in [1.54, 1.807) is 32.9 Å². The van der Waals surface area contributed by atoms with Crippen molar-refractivity contribution in [2.75, 3.05) is 11.9 Å². The van der Waals surface area contributed by atoms with Crippen molar-refractivity contribution < 1.29 is 28.8 Å². The molecule has 0 aliphatic heterocycles. The van der Waals surface area contributed by atoms with Gasteiger partial charge in [0.2, 0.25) is 5.91 Å². The molecule has 0 fully saturated rings. The van der Waals surface area contributed by atoms with E-state index in [4.69, 9.17) is 9.47 Å². The molecule has 1 aliphatic rings. The summed E-state index contributed by atoms with van der Waals surface area (Å²) in [5.41, 5.74) is 4.88. The van der Waals surface area contributed by atoms with E-state index in [0.717, 1.165) is 22.3 Å². The molecule has 0 radical (unpaired) electrons. The number of nitro benzene ring substituents is 1. The predicted octanol–water partition coefficient (Wildman–Crippen LogP) is 6.64. The van der Waals surface area contributed by atoms with E-state index in [1.165, 1.54) is 36.4 Å². The van der Waals surface area contributed by atoms with Crippen LogP contribution in [0.1, 0.15) is 53.7 Å². The standard InChI is InChI=1S/C35H33N3O7/c1-35(2,3)45-33(40)23-14-16-24(17-15-23)36-32(39)31(20-22-12-18-25(19-13-22)38(42)43)37-34(41)44-21-30-28-10-6-4-8-26(28)27-9-5-7-11-29(27)30/h4-19,30-31H,20-21H2,1-3H3,(H,36,39)(H,37,41). The monoisotopic (exact) mass is 607 g/mol. The molecule has 1 atom stereocenters. The first-order chi connectivity index (χ1) is 21.5. The van der Waals surface area contributed by atoms with Gasteiger partial charge in [0.05, 0.1) is 10.5 Å². The molecule has 0 bridgehead atoms. The lowest BCUT2D eigenvalue weighted by Crippen LogP contribution is -2.45. The summed E-state index contributed by atoms with van der Waals surface area (Å²) in [5.74, 6) is -1.19. The Kier molecular flexibility index (Phi) is 8.94. The molecular weight excluding hydrogens is 574 g/mol. The van der Waals surface area contributed by atoms with Gasteiger partial charge < -0.3 is 20.1 Å². The van der Waals surface area contributed by atoms with E-state index < -0.39 is 34.5 Å². The highest BCUT2D eigenvalue weighted by atomic mass is 16.6. The Morgan fingerprint density at radius 2 is 1.42 bits per heavy atom. The number of hydrogen-bond donors (Lipinski definition) is 2. The van der Waals surface area contributed by atoms with Crippen LogP contribution < -0.4 is 10.6 Å². The average molecular weight is 608 g/mol. The van der Waals surface area contributed by atoms with Crippen LogP contribution in [0.25, 0.3) is 11.1 Å². The SMILES string of the molecule is CC(C)(C)OC(=O)c1ccc(NC(=O)C(Cc2ccc([N+](=O)[O-])cc2)NC(=O)OCC2c3ccccc3-c3ccccc32)cc1. The number of nitrogens with one attached hydrogen (secondary N) is 2. The maximum atomic E-state index is 13.4. The second-order valence-electron chi connectivity index (χ2n) is 11.7. The second kappa shape index (κ2) is 13.0. The number of esters is 1. The first-order valence-corrected chi connectivity index (χ1v) is 14.5. The van der Waals surface area contributed by atoms with E-state index >= 15 is 0 Å². The van der Waals surface area contributed by atoms with Crippen molar-refractivity contribution in [2.24, 2.45) is 0 Å². The van der Waals surface area contributed by atoms with Crippen LogP contribution >= 0.6 is 0 Å². The molecule has 0 saturated heterocycles. The summed E-state index contributed by atoms with van der Waals surface area (Å²) in [5, 5.41) is 16.5. The first-order valence-electron chi connectivity index (χ1n) is 14.5. The predicted molar refractivity (Wildman–Crippen MR) is 169 cm³/mol. The normalized spacial score (nSPS) is 12.8. The molecule has 230 valence electrons. The minimum absolute atomic E-state index is 0.0456. The molecule has 2 amide bonds. The van der Waals surface area contributed by atoms with Gasteiger partial charge in [-0.15, -0.1) is 0 Å². The van der Waals surface area contributed by atoms with Crippen molar-refractivity contribution in [3.63, 3.8) is 0 Å². The zero-order valence-corrected chi connectivity index (χ0v) is 25.1. The molecular formula is C35H33N3O7. The molecule has 0 aromatic heterocycles. The van der Waals surface area contributed by atoms with Gasteiger partial charge in [-0.25, -0.2) is 9.59 Å². The summed E-state index contributed by atoms with van der Waals surface area (Å²) in [4.78, 5) is 49.5. The van der Waals surface area contributed by atoms with Crippen LogP contribution in [0.4, 0.5) is 16.2 Å². The van der Waals surface area contributed by atoms with E-state index in [2.05, 4.69) is 10.6 Å². The van der Waals surface area contributed by atoms with Gasteiger partial charge in [0.1, 0.15) is 18.2 Å². The average Bonchev–Trinajstić information content (AvgIpc) is 3.33. The Morgan fingerprint density at radius 1 is 0.844 bits per heavy atom. The number of carbonyl (C=O) groups excluding carboxylic acids is 3. The van der Waals surface area contributed by atoms with Crippen LogP contribution in [0.15, 0.2) is 97.1 Å². The highest BCUT2D eigenvalue weighted by Crippen LogP contribution is 2.44. The number of nitro groups is 1. The molecule has 5 rings (SSSR count). The van der Waals surface area contributed by atoms with Gasteiger partial charge in [0.15, 0.2) is 0 Å².